The van der Waals surface area contributed by atoms with E-state index >= 15 is 0 Å². The molecule has 0 aliphatic carbocycles. The van der Waals surface area contributed by atoms with Gasteiger partial charge in [-0.1, -0.05) is 0 Å². The van der Waals surface area contributed by atoms with Crippen molar-refractivity contribution in [3.63, 3.8) is 0 Å². The normalized spacial score (nSPS) is 11.9. The Kier molecular flexibility index (Phi) is 6.25. The number of thioether (sulfide) groups is 1. The summed E-state index contributed by atoms with van der Waals surface area (Å²) >= 11 is 7.14. The summed E-state index contributed by atoms with van der Waals surface area (Å²) in [5.41, 5.74) is 0.884. The topological polar surface area (TPSA) is 51.8 Å². The van der Waals surface area contributed by atoms with Crippen LogP contribution in [0.15, 0.2) is 47.4 Å². The summed E-state index contributed by atoms with van der Waals surface area (Å²) in [6, 6.07) is 13.8. The number of rotatable bonds is 7. The fourth-order valence-corrected chi connectivity index (χ4v) is 3.36. The van der Waals surface area contributed by atoms with Crippen LogP contribution in [0.4, 0.5) is 5.69 Å². The summed E-state index contributed by atoms with van der Waals surface area (Å²) in [5.74, 6) is 3.40. The van der Waals surface area contributed by atoms with E-state index in [-0.39, 0.29) is 6.79 Å². The van der Waals surface area contributed by atoms with Gasteiger partial charge in [0.2, 0.25) is 6.79 Å². The average molecular weight is 377 g/mol. The first-order valence-corrected chi connectivity index (χ1v) is 9.35. The SMILES string of the molecule is COc1ccc(SCCCNC(=S)Nc2ccc3c(c2)OCO3)cc1. The largest absolute Gasteiger partial charge is 0.497 e. The Bertz CT molecular complexity index is 723. The minimum absolute atomic E-state index is 0.271. The van der Waals surface area contributed by atoms with E-state index in [1.54, 1.807) is 7.11 Å². The average Bonchev–Trinajstić information content (AvgIpc) is 3.09. The Labute approximate surface area is 157 Å². The number of anilines is 1. The zero-order chi connectivity index (χ0) is 17.5. The highest BCUT2D eigenvalue weighted by atomic mass is 32.2. The summed E-state index contributed by atoms with van der Waals surface area (Å²) < 4.78 is 15.8. The minimum Gasteiger partial charge on any atom is -0.497 e. The maximum atomic E-state index is 5.35. The van der Waals surface area contributed by atoms with Crippen LogP contribution >= 0.6 is 24.0 Å². The van der Waals surface area contributed by atoms with Gasteiger partial charge in [0.25, 0.3) is 0 Å². The van der Waals surface area contributed by atoms with E-state index in [9.17, 15) is 0 Å². The van der Waals surface area contributed by atoms with Gasteiger partial charge in [-0.05, 0) is 60.8 Å². The van der Waals surface area contributed by atoms with E-state index in [4.69, 9.17) is 26.4 Å². The molecule has 0 amide bonds. The number of ether oxygens (including phenoxy) is 3. The molecule has 1 aliphatic rings. The molecule has 0 fully saturated rings. The zero-order valence-electron chi connectivity index (χ0n) is 13.9. The zero-order valence-corrected chi connectivity index (χ0v) is 15.5. The predicted molar refractivity (Wildman–Crippen MR) is 105 cm³/mol. The van der Waals surface area contributed by atoms with Gasteiger partial charge in [-0.25, -0.2) is 0 Å². The summed E-state index contributed by atoms with van der Waals surface area (Å²) in [6.07, 6.45) is 1.01. The first kappa shape index (κ1) is 17.7. The van der Waals surface area contributed by atoms with Crippen LogP contribution in [0.2, 0.25) is 0 Å². The van der Waals surface area contributed by atoms with Gasteiger partial charge in [-0.3, -0.25) is 0 Å². The van der Waals surface area contributed by atoms with E-state index < -0.39 is 0 Å². The van der Waals surface area contributed by atoms with Gasteiger partial charge in [-0.15, -0.1) is 11.8 Å². The molecule has 25 heavy (non-hydrogen) atoms. The molecule has 0 bridgehead atoms. The van der Waals surface area contributed by atoms with Gasteiger partial charge in [0.15, 0.2) is 16.6 Å². The molecule has 0 saturated carbocycles. The minimum atomic E-state index is 0.271. The molecule has 2 aromatic carbocycles. The second-order valence-corrected chi connectivity index (χ2v) is 6.90. The second kappa shape index (κ2) is 8.82. The third kappa shape index (κ3) is 5.17. The lowest BCUT2D eigenvalue weighted by Crippen LogP contribution is -2.29. The summed E-state index contributed by atoms with van der Waals surface area (Å²) in [5, 5.41) is 6.98. The molecule has 2 aromatic rings. The Balaban J connectivity index is 1.33. The monoisotopic (exact) mass is 376 g/mol. The predicted octanol–water partition coefficient (Wildman–Crippen LogP) is 3.89. The molecule has 0 saturated heterocycles. The second-order valence-electron chi connectivity index (χ2n) is 5.33. The molecular formula is C18H20N2O3S2. The summed E-state index contributed by atoms with van der Waals surface area (Å²) in [7, 11) is 1.67. The summed E-state index contributed by atoms with van der Waals surface area (Å²) in [4.78, 5) is 1.24. The first-order valence-electron chi connectivity index (χ1n) is 7.96. The van der Waals surface area contributed by atoms with Crippen LogP contribution < -0.4 is 24.8 Å². The summed E-state index contributed by atoms with van der Waals surface area (Å²) in [6.45, 7) is 1.09. The fraction of sp³-hybridized carbons (Fsp3) is 0.278. The van der Waals surface area contributed by atoms with Crippen LogP contribution in [0.25, 0.3) is 0 Å². The Hall–Kier alpha value is -2.12. The standard InChI is InChI=1S/C18H20N2O3S2/c1-21-14-4-6-15(7-5-14)25-10-2-9-19-18(24)20-13-3-8-16-17(11-13)23-12-22-16/h3-8,11H,2,9-10,12H2,1H3,(H2,19,20,24). The number of hydrogen-bond donors (Lipinski definition) is 2. The molecular weight excluding hydrogens is 356 g/mol. The highest BCUT2D eigenvalue weighted by Gasteiger charge is 2.13. The number of nitrogens with one attached hydrogen (secondary N) is 2. The molecule has 7 heteroatoms. The van der Waals surface area contributed by atoms with Gasteiger partial charge in [0.05, 0.1) is 7.11 Å². The van der Waals surface area contributed by atoms with Crippen molar-refractivity contribution in [2.45, 2.75) is 11.3 Å². The van der Waals surface area contributed by atoms with Crippen molar-refractivity contribution in [3.05, 3.63) is 42.5 Å². The van der Waals surface area contributed by atoms with E-state index in [1.807, 2.05) is 42.1 Å². The van der Waals surface area contributed by atoms with Crippen LogP contribution in [0.3, 0.4) is 0 Å². The van der Waals surface area contributed by atoms with Gasteiger partial charge in [0.1, 0.15) is 5.75 Å². The quantitative estimate of drug-likeness (QED) is 0.432. The van der Waals surface area contributed by atoms with Gasteiger partial charge in [0, 0.05) is 23.2 Å². The maximum Gasteiger partial charge on any atom is 0.231 e. The lowest BCUT2D eigenvalue weighted by Gasteiger charge is -2.11. The van der Waals surface area contributed by atoms with Crippen molar-refractivity contribution in [1.29, 1.82) is 0 Å². The third-order valence-corrected chi connectivity index (χ3v) is 4.91. The Morgan fingerprint density at radius 2 is 1.96 bits per heavy atom. The van der Waals surface area contributed by atoms with Crippen molar-refractivity contribution in [2.24, 2.45) is 0 Å². The van der Waals surface area contributed by atoms with Crippen molar-refractivity contribution in [3.8, 4) is 17.2 Å². The molecule has 0 aromatic heterocycles. The van der Waals surface area contributed by atoms with E-state index in [0.29, 0.717) is 5.11 Å². The van der Waals surface area contributed by atoms with Crippen LogP contribution in [-0.4, -0.2) is 31.3 Å². The molecule has 1 heterocycles. The van der Waals surface area contributed by atoms with Crippen LogP contribution in [0.5, 0.6) is 17.2 Å². The van der Waals surface area contributed by atoms with Crippen molar-refractivity contribution >= 4 is 34.8 Å². The highest BCUT2D eigenvalue weighted by molar-refractivity contribution is 7.99. The fourth-order valence-electron chi connectivity index (χ4n) is 2.29. The van der Waals surface area contributed by atoms with Crippen molar-refractivity contribution in [1.82, 2.24) is 5.32 Å². The number of thiocarbonyl (C=S) groups is 1. The van der Waals surface area contributed by atoms with Crippen molar-refractivity contribution < 1.29 is 14.2 Å². The van der Waals surface area contributed by atoms with Gasteiger partial charge >= 0.3 is 0 Å². The number of methoxy groups -OCH3 is 1. The smallest absolute Gasteiger partial charge is 0.231 e. The van der Waals surface area contributed by atoms with Crippen LogP contribution in [0, 0.1) is 0 Å². The number of benzene rings is 2. The van der Waals surface area contributed by atoms with Crippen molar-refractivity contribution in [2.75, 3.05) is 31.5 Å². The molecule has 132 valence electrons. The van der Waals surface area contributed by atoms with E-state index in [1.165, 1.54) is 4.90 Å². The van der Waals surface area contributed by atoms with E-state index in [2.05, 4.69) is 22.8 Å². The number of hydrogen-bond acceptors (Lipinski definition) is 5. The van der Waals surface area contributed by atoms with Gasteiger partial charge < -0.3 is 24.8 Å². The Morgan fingerprint density at radius 3 is 2.76 bits per heavy atom. The molecule has 1 aliphatic heterocycles. The van der Waals surface area contributed by atoms with Crippen LogP contribution in [-0.2, 0) is 0 Å². The van der Waals surface area contributed by atoms with Gasteiger partial charge in [-0.2, -0.15) is 0 Å². The molecule has 0 unspecified atom stereocenters. The first-order chi connectivity index (χ1) is 12.2. The molecule has 3 rings (SSSR count). The van der Waals surface area contributed by atoms with Crippen LogP contribution in [0.1, 0.15) is 6.42 Å². The number of fused-ring (bicyclic) bond motifs is 1. The lowest BCUT2D eigenvalue weighted by atomic mass is 10.3. The molecule has 0 spiro atoms. The highest BCUT2D eigenvalue weighted by Crippen LogP contribution is 2.34. The lowest BCUT2D eigenvalue weighted by molar-refractivity contribution is 0.174. The Morgan fingerprint density at radius 1 is 1.16 bits per heavy atom. The molecule has 5 nitrogen and oxygen atoms in total. The maximum absolute atomic E-state index is 5.35. The third-order valence-electron chi connectivity index (χ3n) is 3.57. The molecule has 0 atom stereocenters. The molecule has 2 N–H and O–H groups in total. The molecule has 0 radical (unpaired) electrons. The van der Waals surface area contributed by atoms with E-state index in [0.717, 1.165) is 41.7 Å².